The lowest BCUT2D eigenvalue weighted by atomic mass is 9.94. The number of carbonyl (C=O) groups excluding carboxylic acids is 2. The number of hydrogen-bond donors (Lipinski definition) is 1. The van der Waals surface area contributed by atoms with Gasteiger partial charge >= 0.3 is 5.91 Å². The first-order valence-electron chi connectivity index (χ1n) is 12.8. The zero-order valence-electron chi connectivity index (χ0n) is 21.7. The summed E-state index contributed by atoms with van der Waals surface area (Å²) in [5.74, 6) is -0.820. The molecule has 1 N–H and O–H groups in total. The highest BCUT2D eigenvalue weighted by atomic mass is 32.1. The molecular weight excluding hydrogens is 496 g/mol. The number of nitrogens with zero attached hydrogens (tertiary/aromatic N) is 2. The molecule has 1 amide bonds. The fourth-order valence-corrected chi connectivity index (χ4v) is 6.64. The smallest absolute Gasteiger partial charge is 0.301 e. The maximum Gasteiger partial charge on any atom is 0.301 e. The monoisotopic (exact) mass is 524 g/mol. The summed E-state index contributed by atoms with van der Waals surface area (Å²) in [4.78, 5) is 33.4. The third-order valence-corrected chi connectivity index (χ3v) is 8.34. The van der Waals surface area contributed by atoms with Crippen molar-refractivity contribution in [3.63, 3.8) is 0 Å². The number of aromatic nitrogens is 1. The van der Waals surface area contributed by atoms with E-state index in [1.165, 1.54) is 16.2 Å². The third kappa shape index (κ3) is 3.89. The predicted molar refractivity (Wildman–Crippen MR) is 150 cm³/mol. The van der Waals surface area contributed by atoms with E-state index in [9.17, 15) is 14.7 Å². The Kier molecular flexibility index (Phi) is 5.83. The van der Waals surface area contributed by atoms with Gasteiger partial charge in [0, 0.05) is 12.0 Å². The molecule has 192 valence electrons. The Morgan fingerprint density at radius 3 is 2.61 bits per heavy atom. The molecule has 2 aliphatic rings. The van der Waals surface area contributed by atoms with Crippen LogP contribution in [0.3, 0.4) is 0 Å². The molecule has 6 rings (SSSR count). The minimum absolute atomic E-state index is 0.0520. The van der Waals surface area contributed by atoms with Gasteiger partial charge < -0.3 is 9.84 Å². The van der Waals surface area contributed by atoms with E-state index in [1.807, 2.05) is 63.2 Å². The zero-order chi connectivity index (χ0) is 26.7. The molecule has 4 aromatic rings. The summed E-state index contributed by atoms with van der Waals surface area (Å²) >= 11 is 1.38. The van der Waals surface area contributed by atoms with Crippen molar-refractivity contribution >= 4 is 44.1 Å². The minimum Gasteiger partial charge on any atom is -0.507 e. The van der Waals surface area contributed by atoms with Gasteiger partial charge in [-0.15, -0.1) is 0 Å². The lowest BCUT2D eigenvalue weighted by molar-refractivity contribution is -0.132. The van der Waals surface area contributed by atoms with Crippen LogP contribution in [0.2, 0.25) is 0 Å². The van der Waals surface area contributed by atoms with Crippen molar-refractivity contribution in [2.45, 2.75) is 52.7 Å². The fraction of sp³-hybridized carbons (Fsp3) is 0.258. The predicted octanol–water partition coefficient (Wildman–Crippen LogP) is 6.43. The molecule has 0 bridgehead atoms. The van der Waals surface area contributed by atoms with Crippen molar-refractivity contribution in [2.24, 2.45) is 0 Å². The van der Waals surface area contributed by atoms with Crippen LogP contribution in [0.5, 0.6) is 5.75 Å². The van der Waals surface area contributed by atoms with Crippen molar-refractivity contribution < 1.29 is 19.4 Å². The molecule has 0 unspecified atom stereocenters. The Balaban J connectivity index is 1.54. The molecule has 2 atom stereocenters. The van der Waals surface area contributed by atoms with Crippen molar-refractivity contribution in [1.82, 2.24) is 4.98 Å². The molecule has 38 heavy (non-hydrogen) atoms. The average molecular weight is 525 g/mol. The first-order valence-corrected chi connectivity index (χ1v) is 13.6. The number of carbonyl (C=O) groups is 2. The molecule has 7 heteroatoms. The molecular formula is C31H28N2O4S. The Morgan fingerprint density at radius 1 is 1.11 bits per heavy atom. The number of aliphatic hydroxyl groups is 1. The van der Waals surface area contributed by atoms with Gasteiger partial charge in [-0.2, -0.15) is 0 Å². The maximum absolute atomic E-state index is 13.6. The Bertz CT molecular complexity index is 1650. The van der Waals surface area contributed by atoms with Gasteiger partial charge in [-0.25, -0.2) is 4.98 Å². The second kappa shape index (κ2) is 9.10. The number of ether oxygens (including phenoxy) is 1. The molecule has 3 heterocycles. The van der Waals surface area contributed by atoms with Crippen LogP contribution in [0.4, 0.5) is 5.13 Å². The SMILES string of the molecule is CCc1ccc([C@H]2C(=C(O)c3ccc4c(c3)C[C@H](C)O4)C(=O)C(=O)N2c2nc3c(C)cc(C)cc3s2)cc1. The number of amides is 1. The standard InChI is InChI=1S/C31H28N2O4S/c1-5-19-6-8-20(9-7-19)27-25(28(34)21-10-11-23-22(15-21)14-18(4)37-23)29(35)30(36)33(27)31-32-26-17(3)12-16(2)13-24(26)38-31/h6-13,15,18,27,34H,5,14H2,1-4H3/t18-,27-/m0/s1. The molecule has 0 saturated carbocycles. The summed E-state index contributed by atoms with van der Waals surface area (Å²) in [5, 5.41) is 12.0. The Hall–Kier alpha value is -3.97. The number of Topliss-reactive ketones (excluding diaryl/α,β-unsaturated/α-hetero) is 1. The number of fused-ring (bicyclic) bond motifs is 2. The van der Waals surface area contributed by atoms with E-state index in [1.54, 1.807) is 6.07 Å². The second-order valence-corrected chi connectivity index (χ2v) is 11.2. The van der Waals surface area contributed by atoms with Gasteiger partial charge in [0.15, 0.2) is 5.13 Å². The highest BCUT2D eigenvalue weighted by molar-refractivity contribution is 7.22. The Morgan fingerprint density at radius 2 is 1.87 bits per heavy atom. The van der Waals surface area contributed by atoms with Gasteiger partial charge in [-0.3, -0.25) is 14.5 Å². The number of hydrogen-bond acceptors (Lipinski definition) is 6. The molecule has 1 saturated heterocycles. The fourth-order valence-electron chi connectivity index (χ4n) is 5.47. The number of aliphatic hydroxyl groups excluding tert-OH is 1. The average Bonchev–Trinajstić information content (AvgIpc) is 3.56. The van der Waals surface area contributed by atoms with Crippen molar-refractivity contribution in [2.75, 3.05) is 4.90 Å². The van der Waals surface area contributed by atoms with Gasteiger partial charge in [-0.1, -0.05) is 48.6 Å². The number of thiazole rings is 1. The number of ketones is 1. The van der Waals surface area contributed by atoms with Gasteiger partial charge in [-0.05, 0) is 79.3 Å². The van der Waals surface area contributed by atoms with Crippen LogP contribution in [-0.4, -0.2) is 27.9 Å². The molecule has 0 radical (unpaired) electrons. The largest absolute Gasteiger partial charge is 0.507 e. The number of anilines is 1. The van der Waals surface area contributed by atoms with Crippen molar-refractivity contribution in [3.05, 3.63) is 93.6 Å². The second-order valence-electron chi connectivity index (χ2n) is 10.1. The molecule has 6 nitrogen and oxygen atoms in total. The van der Waals surface area contributed by atoms with Crippen LogP contribution in [0.15, 0.2) is 60.2 Å². The summed E-state index contributed by atoms with van der Waals surface area (Å²) in [6.07, 6.45) is 1.64. The van der Waals surface area contributed by atoms with Crippen LogP contribution < -0.4 is 9.64 Å². The summed E-state index contributed by atoms with van der Waals surface area (Å²) in [5.41, 5.74) is 6.34. The molecule has 2 aliphatic heterocycles. The van der Waals surface area contributed by atoms with Crippen LogP contribution in [0.1, 0.15) is 53.3 Å². The van der Waals surface area contributed by atoms with E-state index in [2.05, 4.69) is 13.0 Å². The quantitative estimate of drug-likeness (QED) is 0.189. The summed E-state index contributed by atoms with van der Waals surface area (Å²) in [6.45, 7) is 8.08. The maximum atomic E-state index is 13.6. The topological polar surface area (TPSA) is 79.7 Å². The van der Waals surface area contributed by atoms with E-state index in [0.29, 0.717) is 10.7 Å². The van der Waals surface area contributed by atoms with Crippen LogP contribution in [-0.2, 0) is 22.4 Å². The van der Waals surface area contributed by atoms with Gasteiger partial charge in [0.2, 0.25) is 0 Å². The summed E-state index contributed by atoms with van der Waals surface area (Å²) in [7, 11) is 0. The van der Waals surface area contributed by atoms with E-state index >= 15 is 0 Å². The van der Waals surface area contributed by atoms with Crippen molar-refractivity contribution in [1.29, 1.82) is 0 Å². The third-order valence-electron chi connectivity index (χ3n) is 7.34. The first kappa shape index (κ1) is 24.4. The first-order chi connectivity index (χ1) is 18.2. The van der Waals surface area contributed by atoms with Crippen LogP contribution in [0.25, 0.3) is 16.0 Å². The van der Waals surface area contributed by atoms with Gasteiger partial charge in [0.1, 0.15) is 17.6 Å². The zero-order valence-corrected chi connectivity index (χ0v) is 22.6. The molecule has 1 aromatic heterocycles. The van der Waals surface area contributed by atoms with E-state index in [-0.39, 0.29) is 17.4 Å². The van der Waals surface area contributed by atoms with E-state index < -0.39 is 17.7 Å². The number of benzene rings is 3. The molecule has 0 spiro atoms. The summed E-state index contributed by atoms with van der Waals surface area (Å²) < 4.78 is 6.76. The van der Waals surface area contributed by atoms with Gasteiger partial charge in [0.25, 0.3) is 5.78 Å². The highest BCUT2D eigenvalue weighted by Gasteiger charge is 2.48. The summed E-state index contributed by atoms with van der Waals surface area (Å²) in [6, 6.07) is 16.5. The number of aryl methyl sites for hydroxylation is 3. The van der Waals surface area contributed by atoms with Crippen LogP contribution >= 0.6 is 11.3 Å². The van der Waals surface area contributed by atoms with Crippen molar-refractivity contribution in [3.8, 4) is 5.75 Å². The Labute approximate surface area is 225 Å². The lowest BCUT2D eigenvalue weighted by Crippen LogP contribution is -2.29. The van der Waals surface area contributed by atoms with E-state index in [4.69, 9.17) is 9.72 Å². The van der Waals surface area contributed by atoms with Crippen LogP contribution in [0, 0.1) is 13.8 Å². The molecule has 3 aromatic carbocycles. The minimum atomic E-state index is -0.800. The lowest BCUT2D eigenvalue weighted by Gasteiger charge is -2.23. The van der Waals surface area contributed by atoms with Gasteiger partial charge in [0.05, 0.1) is 21.8 Å². The van der Waals surface area contributed by atoms with E-state index in [0.717, 1.165) is 56.6 Å². The normalized spacial score (nSPS) is 20.3. The number of rotatable bonds is 4. The molecule has 1 fully saturated rings. The highest BCUT2D eigenvalue weighted by Crippen LogP contribution is 2.45. The molecule has 0 aliphatic carbocycles.